The summed E-state index contributed by atoms with van der Waals surface area (Å²) in [5.41, 5.74) is 1.82. The van der Waals surface area contributed by atoms with Gasteiger partial charge < -0.3 is 19.7 Å². The van der Waals surface area contributed by atoms with Gasteiger partial charge in [-0.1, -0.05) is 0 Å². The lowest BCUT2D eigenvalue weighted by molar-refractivity contribution is 0.206. The second-order valence-electron chi connectivity index (χ2n) is 6.12. The van der Waals surface area contributed by atoms with E-state index < -0.39 is 0 Å². The molecule has 1 heterocycles. The molecule has 138 valence electrons. The maximum Gasteiger partial charge on any atom is 0.322 e. The summed E-state index contributed by atoms with van der Waals surface area (Å²) in [6.07, 6.45) is 3.92. The minimum Gasteiger partial charge on any atom is -0.497 e. The van der Waals surface area contributed by atoms with Crippen molar-refractivity contribution in [3.05, 3.63) is 48.0 Å². The Morgan fingerprint density at radius 3 is 2.58 bits per heavy atom. The van der Waals surface area contributed by atoms with E-state index in [1.54, 1.807) is 26.0 Å². The Labute approximate surface area is 158 Å². The molecule has 0 radical (unpaired) electrons. The molecule has 5 nitrogen and oxygen atoms in total. The standard InChI is InChI=1S/C20H24N2O3S/c1-24-15-8-11-17(19(13-15)25-2)18-5-4-12-22(18)20(23)21-14-6-9-16(26-3)10-7-14/h6-11,13,18H,4-5,12H2,1-3H3,(H,21,23). The van der Waals surface area contributed by atoms with Crippen molar-refractivity contribution in [2.24, 2.45) is 0 Å². The quantitative estimate of drug-likeness (QED) is 0.767. The lowest BCUT2D eigenvalue weighted by Gasteiger charge is -2.26. The van der Waals surface area contributed by atoms with Crippen LogP contribution in [0.25, 0.3) is 0 Å². The monoisotopic (exact) mass is 372 g/mol. The zero-order valence-electron chi connectivity index (χ0n) is 15.3. The van der Waals surface area contributed by atoms with Crippen LogP contribution in [0, 0.1) is 0 Å². The lowest BCUT2D eigenvalue weighted by atomic mass is 10.0. The second-order valence-corrected chi connectivity index (χ2v) is 7.00. The van der Waals surface area contributed by atoms with Crippen LogP contribution in [0.3, 0.4) is 0 Å². The Kier molecular flexibility index (Phi) is 5.93. The number of nitrogens with zero attached hydrogens (tertiary/aromatic N) is 1. The van der Waals surface area contributed by atoms with Gasteiger partial charge in [0.15, 0.2) is 0 Å². The second kappa shape index (κ2) is 8.36. The Morgan fingerprint density at radius 1 is 1.15 bits per heavy atom. The molecule has 6 heteroatoms. The molecule has 2 amide bonds. The van der Waals surface area contributed by atoms with Crippen LogP contribution in [0.5, 0.6) is 11.5 Å². The first kappa shape index (κ1) is 18.5. The molecule has 1 atom stereocenters. The molecule has 0 saturated carbocycles. The summed E-state index contributed by atoms with van der Waals surface area (Å²) in [4.78, 5) is 15.9. The highest BCUT2D eigenvalue weighted by atomic mass is 32.2. The maximum absolute atomic E-state index is 12.8. The molecule has 1 aliphatic rings. The van der Waals surface area contributed by atoms with E-state index in [4.69, 9.17) is 9.47 Å². The van der Waals surface area contributed by atoms with Gasteiger partial charge in [0.05, 0.1) is 20.3 Å². The van der Waals surface area contributed by atoms with Crippen molar-refractivity contribution in [2.45, 2.75) is 23.8 Å². The summed E-state index contributed by atoms with van der Waals surface area (Å²) in [6.45, 7) is 0.731. The number of anilines is 1. The zero-order valence-corrected chi connectivity index (χ0v) is 16.1. The van der Waals surface area contributed by atoms with Gasteiger partial charge in [-0.3, -0.25) is 0 Å². The Balaban J connectivity index is 1.78. The normalized spacial score (nSPS) is 16.4. The summed E-state index contributed by atoms with van der Waals surface area (Å²) in [7, 11) is 3.27. The van der Waals surface area contributed by atoms with Crippen molar-refractivity contribution in [1.29, 1.82) is 0 Å². The van der Waals surface area contributed by atoms with Gasteiger partial charge in [-0.15, -0.1) is 11.8 Å². The molecule has 26 heavy (non-hydrogen) atoms. The number of carbonyl (C=O) groups excluding carboxylic acids is 1. The molecule has 1 N–H and O–H groups in total. The number of likely N-dealkylation sites (tertiary alicyclic amines) is 1. The molecular formula is C20H24N2O3S. The van der Waals surface area contributed by atoms with Crippen molar-refractivity contribution in [2.75, 3.05) is 32.3 Å². The number of hydrogen-bond donors (Lipinski definition) is 1. The van der Waals surface area contributed by atoms with Crippen molar-refractivity contribution < 1.29 is 14.3 Å². The highest BCUT2D eigenvalue weighted by Crippen LogP contribution is 2.39. The third-order valence-corrected chi connectivity index (χ3v) is 5.40. The van der Waals surface area contributed by atoms with Gasteiger partial charge in [-0.05, 0) is 55.5 Å². The number of urea groups is 1. The number of methoxy groups -OCH3 is 2. The first-order valence-corrected chi connectivity index (χ1v) is 9.82. The summed E-state index contributed by atoms with van der Waals surface area (Å²) in [5.74, 6) is 1.49. The molecule has 3 rings (SSSR count). The third kappa shape index (κ3) is 3.90. The number of ether oxygens (including phenoxy) is 2. The van der Waals surface area contributed by atoms with E-state index in [0.29, 0.717) is 0 Å². The molecule has 1 unspecified atom stereocenters. The van der Waals surface area contributed by atoms with E-state index in [-0.39, 0.29) is 12.1 Å². The summed E-state index contributed by atoms with van der Waals surface area (Å²) in [6, 6.07) is 13.6. The lowest BCUT2D eigenvalue weighted by Crippen LogP contribution is -2.34. The van der Waals surface area contributed by atoms with Crippen LogP contribution in [0.2, 0.25) is 0 Å². The zero-order chi connectivity index (χ0) is 18.5. The van der Waals surface area contributed by atoms with Crippen molar-refractivity contribution in [3.63, 3.8) is 0 Å². The number of benzene rings is 2. The maximum atomic E-state index is 12.8. The average molecular weight is 372 g/mol. The third-order valence-electron chi connectivity index (χ3n) is 4.65. The van der Waals surface area contributed by atoms with E-state index in [1.807, 2.05) is 53.6 Å². The predicted octanol–water partition coefficient (Wildman–Crippen LogP) is 4.79. The van der Waals surface area contributed by atoms with Crippen LogP contribution in [0.15, 0.2) is 47.4 Å². The molecule has 0 aliphatic carbocycles. The van der Waals surface area contributed by atoms with Crippen LogP contribution in [0.4, 0.5) is 10.5 Å². The minimum atomic E-state index is -0.0812. The van der Waals surface area contributed by atoms with Crippen LogP contribution in [0.1, 0.15) is 24.4 Å². The van der Waals surface area contributed by atoms with Gasteiger partial charge in [0.2, 0.25) is 0 Å². The predicted molar refractivity (Wildman–Crippen MR) is 105 cm³/mol. The fourth-order valence-corrected chi connectivity index (χ4v) is 3.70. The van der Waals surface area contributed by atoms with Crippen LogP contribution in [-0.2, 0) is 0 Å². The Hall–Kier alpha value is -2.34. The molecule has 1 aliphatic heterocycles. The van der Waals surface area contributed by atoms with Crippen molar-refractivity contribution in [3.8, 4) is 11.5 Å². The first-order valence-electron chi connectivity index (χ1n) is 8.60. The number of amides is 2. The largest absolute Gasteiger partial charge is 0.497 e. The minimum absolute atomic E-state index is 0.00123. The summed E-state index contributed by atoms with van der Waals surface area (Å²) < 4.78 is 10.8. The summed E-state index contributed by atoms with van der Waals surface area (Å²) >= 11 is 1.68. The van der Waals surface area contributed by atoms with E-state index in [9.17, 15) is 4.79 Å². The number of hydrogen-bond acceptors (Lipinski definition) is 4. The van der Waals surface area contributed by atoms with Gasteiger partial charge >= 0.3 is 6.03 Å². The molecule has 0 aromatic heterocycles. The molecule has 2 aromatic rings. The Morgan fingerprint density at radius 2 is 1.92 bits per heavy atom. The van der Waals surface area contributed by atoms with Crippen molar-refractivity contribution >= 4 is 23.5 Å². The number of rotatable bonds is 5. The molecule has 1 saturated heterocycles. The summed E-state index contributed by atoms with van der Waals surface area (Å²) in [5, 5.41) is 3.01. The van der Waals surface area contributed by atoms with E-state index >= 15 is 0 Å². The van der Waals surface area contributed by atoms with Gasteiger partial charge in [-0.25, -0.2) is 4.79 Å². The molecule has 0 bridgehead atoms. The van der Waals surface area contributed by atoms with Crippen LogP contribution in [-0.4, -0.2) is 38.0 Å². The first-order chi connectivity index (χ1) is 12.7. The highest BCUT2D eigenvalue weighted by Gasteiger charge is 2.32. The fourth-order valence-electron chi connectivity index (χ4n) is 3.30. The Bertz CT molecular complexity index is 764. The van der Waals surface area contributed by atoms with Gasteiger partial charge in [0.1, 0.15) is 11.5 Å². The smallest absolute Gasteiger partial charge is 0.322 e. The van der Waals surface area contributed by atoms with Crippen LogP contribution < -0.4 is 14.8 Å². The number of nitrogens with one attached hydrogen (secondary N) is 1. The highest BCUT2D eigenvalue weighted by molar-refractivity contribution is 7.98. The van der Waals surface area contributed by atoms with E-state index in [2.05, 4.69) is 5.32 Å². The number of thioether (sulfide) groups is 1. The topological polar surface area (TPSA) is 50.8 Å². The molecular weight excluding hydrogens is 348 g/mol. The fraction of sp³-hybridized carbons (Fsp3) is 0.350. The average Bonchev–Trinajstić information content (AvgIpc) is 3.17. The van der Waals surface area contributed by atoms with E-state index in [1.165, 1.54) is 4.90 Å². The molecule has 1 fully saturated rings. The van der Waals surface area contributed by atoms with Crippen LogP contribution >= 0.6 is 11.8 Å². The van der Waals surface area contributed by atoms with Gasteiger partial charge in [0.25, 0.3) is 0 Å². The van der Waals surface area contributed by atoms with Gasteiger partial charge in [0, 0.05) is 28.8 Å². The van der Waals surface area contributed by atoms with Gasteiger partial charge in [-0.2, -0.15) is 0 Å². The molecule has 0 spiro atoms. The SMILES string of the molecule is COc1ccc(C2CCCN2C(=O)Nc2ccc(SC)cc2)c(OC)c1. The molecule has 2 aromatic carbocycles. The number of carbonyl (C=O) groups is 1. The van der Waals surface area contributed by atoms with E-state index in [0.717, 1.165) is 42.1 Å². The van der Waals surface area contributed by atoms with Crippen molar-refractivity contribution in [1.82, 2.24) is 4.90 Å².